The number of imidazole rings is 1. The van der Waals surface area contributed by atoms with Crippen LogP contribution in [0.2, 0.25) is 0 Å². The molecule has 0 amide bonds. The van der Waals surface area contributed by atoms with E-state index in [1.54, 1.807) is 6.92 Å². The lowest BCUT2D eigenvalue weighted by Gasteiger charge is -2.24. The molecule has 0 saturated carbocycles. The summed E-state index contributed by atoms with van der Waals surface area (Å²) >= 11 is 0. The van der Waals surface area contributed by atoms with Crippen molar-refractivity contribution in [2.45, 2.75) is 29.2 Å². The number of nitrogens with two attached hydrogens (primary N) is 1. The summed E-state index contributed by atoms with van der Waals surface area (Å²) in [4.78, 5) is 16.5. The molecule has 3 aromatic rings. The van der Waals surface area contributed by atoms with Crippen LogP contribution in [0.1, 0.15) is 12.5 Å². The van der Waals surface area contributed by atoms with E-state index in [0.29, 0.717) is 28.7 Å². The van der Waals surface area contributed by atoms with Gasteiger partial charge >= 0.3 is 5.69 Å². The maximum absolute atomic E-state index is 13.2. The molecular weight excluding hydrogens is 392 g/mol. The number of hydrogen-bond donors (Lipinski definition) is 3. The zero-order valence-corrected chi connectivity index (χ0v) is 15.8. The number of benzene rings is 2. The summed E-state index contributed by atoms with van der Waals surface area (Å²) in [6, 6.07) is 8.09. The van der Waals surface area contributed by atoms with E-state index < -0.39 is 31.8 Å². The number of rotatable bonds is 3. The smallest absolute Gasteiger partial charge is 0.306 e. The first kappa shape index (κ1) is 17.8. The van der Waals surface area contributed by atoms with Gasteiger partial charge in [0.1, 0.15) is 0 Å². The lowest BCUT2D eigenvalue weighted by atomic mass is 10.1. The van der Waals surface area contributed by atoms with Gasteiger partial charge in [-0.25, -0.2) is 26.8 Å². The molecule has 27 heavy (non-hydrogen) atoms. The maximum atomic E-state index is 13.2. The Kier molecular flexibility index (Phi) is 3.74. The number of sulfonamides is 2. The number of nitrogens with one attached hydrogen (secondary N) is 2. The van der Waals surface area contributed by atoms with Crippen LogP contribution in [0.4, 0.5) is 5.69 Å². The van der Waals surface area contributed by atoms with Crippen LogP contribution >= 0.6 is 0 Å². The Bertz CT molecular complexity index is 1340. The Morgan fingerprint density at radius 3 is 2.37 bits per heavy atom. The Morgan fingerprint density at radius 2 is 1.67 bits per heavy atom. The fraction of sp³-hybridized carbons (Fsp3) is 0.188. The number of aromatic nitrogens is 2. The van der Waals surface area contributed by atoms with E-state index in [0.717, 1.165) is 0 Å². The predicted octanol–water partition coefficient (Wildman–Crippen LogP) is 0.643. The minimum absolute atomic E-state index is 0.0282. The van der Waals surface area contributed by atoms with Crippen LogP contribution in [0, 0.1) is 0 Å². The van der Waals surface area contributed by atoms with Crippen LogP contribution in [0.15, 0.2) is 51.0 Å². The fourth-order valence-electron chi connectivity index (χ4n) is 3.41. The SMILES string of the molecule is CC1Cc2cc(S(N)(=O)=O)ccc2N1S(=O)(=O)c1ccc2[nH]c(=O)[nH]c2c1. The van der Waals surface area contributed by atoms with Crippen molar-refractivity contribution in [2.75, 3.05) is 4.31 Å². The highest BCUT2D eigenvalue weighted by Gasteiger charge is 2.36. The maximum Gasteiger partial charge on any atom is 0.323 e. The van der Waals surface area contributed by atoms with Gasteiger partial charge in [0.2, 0.25) is 10.0 Å². The van der Waals surface area contributed by atoms with E-state index >= 15 is 0 Å². The topological polar surface area (TPSA) is 146 Å². The summed E-state index contributed by atoms with van der Waals surface area (Å²) in [7, 11) is -7.79. The first-order chi connectivity index (χ1) is 12.6. The number of hydrogen-bond acceptors (Lipinski definition) is 5. The summed E-state index contributed by atoms with van der Waals surface area (Å²) in [6.07, 6.45) is 0.362. The predicted molar refractivity (Wildman–Crippen MR) is 99.6 cm³/mol. The summed E-state index contributed by atoms with van der Waals surface area (Å²) in [5, 5.41) is 5.16. The van der Waals surface area contributed by atoms with E-state index in [9.17, 15) is 21.6 Å². The first-order valence-electron chi connectivity index (χ1n) is 7.99. The van der Waals surface area contributed by atoms with Crippen molar-refractivity contribution in [2.24, 2.45) is 5.14 Å². The fourth-order valence-corrected chi connectivity index (χ4v) is 5.69. The molecule has 2 aromatic carbocycles. The minimum Gasteiger partial charge on any atom is -0.306 e. The van der Waals surface area contributed by atoms with Crippen molar-refractivity contribution in [3.05, 3.63) is 52.4 Å². The molecule has 0 aliphatic carbocycles. The quantitative estimate of drug-likeness (QED) is 0.582. The summed E-state index contributed by atoms with van der Waals surface area (Å²) in [5.41, 5.74) is 1.48. The van der Waals surface area contributed by atoms with Crippen molar-refractivity contribution in [3.8, 4) is 0 Å². The molecule has 11 heteroatoms. The third kappa shape index (κ3) is 2.83. The van der Waals surface area contributed by atoms with Gasteiger partial charge in [0.15, 0.2) is 0 Å². The Hall–Kier alpha value is -2.63. The van der Waals surface area contributed by atoms with Crippen LogP contribution < -0.4 is 15.1 Å². The largest absolute Gasteiger partial charge is 0.323 e. The number of H-pyrrole nitrogens is 2. The molecule has 0 fully saturated rings. The van der Waals surface area contributed by atoms with Gasteiger partial charge in [-0.3, -0.25) is 4.31 Å². The highest BCUT2D eigenvalue weighted by atomic mass is 32.2. The van der Waals surface area contributed by atoms with Crippen LogP contribution in [0.3, 0.4) is 0 Å². The van der Waals surface area contributed by atoms with Crippen molar-refractivity contribution < 1.29 is 16.8 Å². The van der Waals surface area contributed by atoms with Gasteiger partial charge in [-0.05, 0) is 55.3 Å². The van der Waals surface area contributed by atoms with Crippen LogP contribution in [0.25, 0.3) is 11.0 Å². The molecular formula is C16H16N4O5S2. The van der Waals surface area contributed by atoms with Gasteiger partial charge in [0, 0.05) is 6.04 Å². The van der Waals surface area contributed by atoms with Gasteiger partial charge in [0.05, 0.1) is 26.5 Å². The second kappa shape index (κ2) is 5.68. The second-order valence-corrected chi connectivity index (χ2v) is 9.85. The van der Waals surface area contributed by atoms with E-state index in [1.165, 1.54) is 40.7 Å². The molecule has 4 rings (SSSR count). The molecule has 1 atom stereocenters. The van der Waals surface area contributed by atoms with Gasteiger partial charge in [0.25, 0.3) is 10.0 Å². The molecule has 0 spiro atoms. The summed E-state index contributed by atoms with van der Waals surface area (Å²) in [5.74, 6) is 0. The lowest BCUT2D eigenvalue weighted by Crippen LogP contribution is -2.35. The third-order valence-corrected chi connectivity index (χ3v) is 7.41. The molecule has 0 bridgehead atoms. The van der Waals surface area contributed by atoms with E-state index in [-0.39, 0.29) is 9.79 Å². The highest BCUT2D eigenvalue weighted by Crippen LogP contribution is 2.38. The van der Waals surface area contributed by atoms with Crippen LogP contribution in [-0.4, -0.2) is 32.8 Å². The zero-order valence-electron chi connectivity index (χ0n) is 14.1. The molecule has 142 valence electrons. The van der Waals surface area contributed by atoms with E-state index in [2.05, 4.69) is 9.97 Å². The Morgan fingerprint density at radius 1 is 1.00 bits per heavy atom. The average molecular weight is 408 g/mol. The second-order valence-electron chi connectivity index (χ2n) is 6.48. The number of aromatic amines is 2. The average Bonchev–Trinajstić information content (AvgIpc) is 3.10. The number of fused-ring (bicyclic) bond motifs is 2. The first-order valence-corrected chi connectivity index (χ1v) is 11.0. The van der Waals surface area contributed by atoms with Gasteiger partial charge in [-0.1, -0.05) is 0 Å². The van der Waals surface area contributed by atoms with Crippen molar-refractivity contribution in [1.29, 1.82) is 0 Å². The van der Waals surface area contributed by atoms with Gasteiger partial charge in [-0.2, -0.15) is 0 Å². The van der Waals surface area contributed by atoms with Crippen molar-refractivity contribution in [1.82, 2.24) is 9.97 Å². The van der Waals surface area contributed by atoms with Crippen LogP contribution in [0.5, 0.6) is 0 Å². The summed E-state index contributed by atoms with van der Waals surface area (Å²) < 4.78 is 50.8. The molecule has 9 nitrogen and oxygen atoms in total. The normalized spacial score (nSPS) is 17.4. The molecule has 0 radical (unpaired) electrons. The van der Waals surface area contributed by atoms with Crippen molar-refractivity contribution in [3.63, 3.8) is 0 Å². The van der Waals surface area contributed by atoms with E-state index in [1.807, 2.05) is 0 Å². The molecule has 1 unspecified atom stereocenters. The molecule has 4 N–H and O–H groups in total. The van der Waals surface area contributed by atoms with Gasteiger partial charge < -0.3 is 9.97 Å². The van der Waals surface area contributed by atoms with Gasteiger partial charge in [-0.15, -0.1) is 0 Å². The standard InChI is InChI=1S/C16H16N4O5S2/c1-9-6-10-7-11(26(17,22)23)3-5-15(10)20(9)27(24,25)12-2-4-13-14(8-12)19-16(21)18-13/h2-5,7-9H,6H2,1H3,(H2,17,22,23)(H2,18,19,21). The monoisotopic (exact) mass is 408 g/mol. The number of nitrogens with zero attached hydrogens (tertiary/aromatic N) is 1. The van der Waals surface area contributed by atoms with Crippen LogP contribution in [-0.2, 0) is 26.5 Å². The molecule has 0 saturated heterocycles. The molecule has 2 heterocycles. The zero-order chi connectivity index (χ0) is 19.6. The Labute approximate surface area is 154 Å². The Balaban J connectivity index is 1.83. The lowest BCUT2D eigenvalue weighted by molar-refractivity contribution is 0.584. The third-order valence-electron chi connectivity index (χ3n) is 4.58. The molecule has 1 aromatic heterocycles. The minimum atomic E-state index is -3.92. The number of anilines is 1. The summed E-state index contributed by atoms with van der Waals surface area (Å²) in [6.45, 7) is 1.74. The molecule has 1 aliphatic rings. The highest BCUT2D eigenvalue weighted by molar-refractivity contribution is 7.93. The number of primary sulfonamides is 1. The van der Waals surface area contributed by atoms with E-state index in [4.69, 9.17) is 5.14 Å². The van der Waals surface area contributed by atoms with Crippen molar-refractivity contribution >= 4 is 36.8 Å². The molecule has 1 aliphatic heterocycles.